The number of halogens is 1. The maximum absolute atomic E-state index is 4.64. The van der Waals surface area contributed by atoms with Crippen molar-refractivity contribution >= 4 is 49.0 Å². The molecule has 0 saturated carbocycles. The molecule has 142 valence electrons. The van der Waals surface area contributed by atoms with E-state index < -0.39 is 0 Å². The number of fused-ring (bicyclic) bond motifs is 2. The maximum atomic E-state index is 4.64. The molecule has 0 saturated heterocycles. The summed E-state index contributed by atoms with van der Waals surface area (Å²) in [5.41, 5.74) is 5.05. The number of aromatic nitrogens is 2. The minimum atomic E-state index is 0.491. The van der Waals surface area contributed by atoms with Crippen molar-refractivity contribution in [2.75, 3.05) is 0 Å². The highest BCUT2D eigenvalue weighted by molar-refractivity contribution is 9.10. The second kappa shape index (κ2) is 7.36. The summed E-state index contributed by atoms with van der Waals surface area (Å²) < 4.78 is 5.00. The Morgan fingerprint density at radius 2 is 1.34 bits per heavy atom. The van der Waals surface area contributed by atoms with Gasteiger partial charge in [-0.2, -0.15) is 4.37 Å². The van der Waals surface area contributed by atoms with Crippen LogP contribution in [0, 0.1) is 0 Å². The Balaban J connectivity index is 1.95. The van der Waals surface area contributed by atoms with Crippen LogP contribution < -0.4 is 0 Å². The zero-order chi connectivity index (χ0) is 20.0. The molecule has 0 unspecified atom stereocenters. The molecule has 0 aliphatic carbocycles. The highest BCUT2D eigenvalue weighted by Gasteiger charge is 2.18. The van der Waals surface area contributed by atoms with Gasteiger partial charge >= 0.3 is 0 Å². The zero-order valence-corrected chi connectivity index (χ0v) is 18.6. The van der Waals surface area contributed by atoms with E-state index in [2.05, 4.69) is 112 Å². The molecule has 5 aromatic rings. The van der Waals surface area contributed by atoms with Crippen LogP contribution in [0.3, 0.4) is 0 Å². The fourth-order valence-electron chi connectivity index (χ4n) is 4.03. The highest BCUT2D eigenvalue weighted by atomic mass is 79.9. The molecule has 0 radical (unpaired) electrons. The lowest BCUT2D eigenvalue weighted by Gasteiger charge is -2.17. The summed E-state index contributed by atoms with van der Waals surface area (Å²) >= 11 is 4.85. The van der Waals surface area contributed by atoms with Crippen LogP contribution in [-0.2, 0) is 0 Å². The molecular weight excluding hydrogens is 440 g/mol. The SMILES string of the molecule is CC(C)c1cccc(-c2c3ccccc3c(-c3nc(Br)ns3)c3ccccc23)c1. The molecule has 4 heteroatoms. The normalized spacial score (nSPS) is 11.6. The third-order valence-electron chi connectivity index (χ3n) is 5.39. The van der Waals surface area contributed by atoms with Crippen LogP contribution in [0.4, 0.5) is 0 Å². The van der Waals surface area contributed by atoms with E-state index in [0.29, 0.717) is 10.7 Å². The van der Waals surface area contributed by atoms with Crippen LogP contribution in [0.25, 0.3) is 43.2 Å². The number of nitrogens with zero attached hydrogens (tertiary/aromatic N) is 2. The third-order valence-corrected chi connectivity index (χ3v) is 6.71. The fourth-order valence-corrected chi connectivity index (χ4v) is 5.18. The van der Waals surface area contributed by atoms with E-state index in [9.17, 15) is 0 Å². The summed E-state index contributed by atoms with van der Waals surface area (Å²) in [6.07, 6.45) is 0. The first-order chi connectivity index (χ1) is 14.1. The van der Waals surface area contributed by atoms with Gasteiger partial charge in [0.25, 0.3) is 0 Å². The first-order valence-corrected chi connectivity index (χ1v) is 11.2. The molecule has 0 atom stereocenters. The third kappa shape index (κ3) is 3.17. The Kier molecular flexibility index (Phi) is 4.69. The van der Waals surface area contributed by atoms with E-state index in [1.807, 2.05) is 0 Å². The lowest BCUT2D eigenvalue weighted by Crippen LogP contribution is -1.92. The molecule has 1 heterocycles. The van der Waals surface area contributed by atoms with E-state index >= 15 is 0 Å². The van der Waals surface area contributed by atoms with Crippen molar-refractivity contribution < 1.29 is 0 Å². The average molecular weight is 459 g/mol. The minimum Gasteiger partial charge on any atom is -0.209 e. The predicted molar refractivity (Wildman–Crippen MR) is 128 cm³/mol. The Labute approximate surface area is 182 Å². The molecule has 29 heavy (non-hydrogen) atoms. The first kappa shape index (κ1) is 18.5. The number of benzene rings is 4. The van der Waals surface area contributed by atoms with Crippen LogP contribution in [0.15, 0.2) is 77.5 Å². The zero-order valence-electron chi connectivity index (χ0n) is 16.2. The van der Waals surface area contributed by atoms with E-state index in [1.165, 1.54) is 49.8 Å². The van der Waals surface area contributed by atoms with Crippen molar-refractivity contribution in [3.05, 3.63) is 83.1 Å². The first-order valence-electron chi connectivity index (χ1n) is 9.67. The lowest BCUT2D eigenvalue weighted by atomic mass is 9.87. The minimum absolute atomic E-state index is 0.491. The van der Waals surface area contributed by atoms with Crippen LogP contribution in [0.2, 0.25) is 0 Å². The van der Waals surface area contributed by atoms with Gasteiger partial charge in [-0.15, -0.1) is 0 Å². The molecule has 1 aromatic heterocycles. The fraction of sp³-hybridized carbons (Fsp3) is 0.120. The quantitative estimate of drug-likeness (QED) is 0.255. The van der Waals surface area contributed by atoms with Crippen LogP contribution >= 0.6 is 27.5 Å². The van der Waals surface area contributed by atoms with Gasteiger partial charge in [-0.3, -0.25) is 0 Å². The van der Waals surface area contributed by atoms with Crippen LogP contribution in [-0.4, -0.2) is 9.36 Å². The number of hydrogen-bond acceptors (Lipinski definition) is 3. The van der Waals surface area contributed by atoms with Crippen molar-refractivity contribution in [2.45, 2.75) is 19.8 Å². The Hall–Kier alpha value is -2.56. The monoisotopic (exact) mass is 458 g/mol. The Bertz CT molecular complexity index is 1300. The van der Waals surface area contributed by atoms with E-state index in [-0.39, 0.29) is 0 Å². The highest BCUT2D eigenvalue weighted by Crippen LogP contribution is 2.44. The Morgan fingerprint density at radius 1 is 0.759 bits per heavy atom. The van der Waals surface area contributed by atoms with E-state index in [1.54, 1.807) is 0 Å². The summed E-state index contributed by atoms with van der Waals surface area (Å²) in [4.78, 5) is 4.64. The van der Waals surface area contributed by atoms with Gasteiger partial charge in [0.15, 0.2) is 0 Å². The molecule has 0 N–H and O–H groups in total. The second-order valence-corrected chi connectivity index (χ2v) is 8.95. The van der Waals surface area contributed by atoms with Crippen LogP contribution in [0.1, 0.15) is 25.3 Å². The molecule has 0 amide bonds. The van der Waals surface area contributed by atoms with Crippen molar-refractivity contribution in [3.8, 4) is 21.7 Å². The summed E-state index contributed by atoms with van der Waals surface area (Å²) in [6.45, 7) is 4.48. The predicted octanol–water partition coefficient (Wildman–Crippen LogP) is 8.06. The molecular formula is C25H19BrN2S. The summed E-state index contributed by atoms with van der Waals surface area (Å²) in [5.74, 6) is 0.491. The summed E-state index contributed by atoms with van der Waals surface area (Å²) in [5, 5.41) is 5.84. The smallest absolute Gasteiger partial charge is 0.209 e. The molecule has 0 fully saturated rings. The lowest BCUT2D eigenvalue weighted by molar-refractivity contribution is 0.867. The topological polar surface area (TPSA) is 25.8 Å². The van der Waals surface area contributed by atoms with E-state index in [0.717, 1.165) is 10.6 Å². The number of rotatable bonds is 3. The van der Waals surface area contributed by atoms with Gasteiger partial charge in [0.05, 0.1) is 0 Å². The molecule has 0 aliphatic heterocycles. The molecule has 2 nitrogen and oxygen atoms in total. The standard InChI is InChI=1S/C25H19BrN2S/c1-15(2)16-8-7-9-17(14-16)22-18-10-3-5-12-20(18)23(24-27-25(26)28-29-24)21-13-6-4-11-19(21)22/h3-15H,1-2H3. The van der Waals surface area contributed by atoms with Gasteiger partial charge in [0.1, 0.15) is 5.01 Å². The summed E-state index contributed by atoms with van der Waals surface area (Å²) in [7, 11) is 0. The molecule has 5 rings (SSSR count). The molecule has 0 bridgehead atoms. The molecule has 0 spiro atoms. The van der Waals surface area contributed by atoms with E-state index in [4.69, 9.17) is 0 Å². The number of hydrogen-bond donors (Lipinski definition) is 0. The van der Waals surface area contributed by atoms with Crippen molar-refractivity contribution in [2.24, 2.45) is 0 Å². The van der Waals surface area contributed by atoms with Gasteiger partial charge in [-0.05, 0) is 71.6 Å². The van der Waals surface area contributed by atoms with Gasteiger partial charge < -0.3 is 0 Å². The Morgan fingerprint density at radius 3 is 1.86 bits per heavy atom. The largest absolute Gasteiger partial charge is 0.209 e. The average Bonchev–Trinajstić information content (AvgIpc) is 3.17. The molecule has 0 aliphatic rings. The summed E-state index contributed by atoms with van der Waals surface area (Å²) in [6, 6.07) is 26.2. The van der Waals surface area contributed by atoms with Crippen molar-refractivity contribution in [3.63, 3.8) is 0 Å². The van der Waals surface area contributed by atoms with Gasteiger partial charge in [-0.1, -0.05) is 86.6 Å². The molecule has 4 aromatic carbocycles. The second-order valence-electron chi connectivity index (χ2n) is 7.49. The van der Waals surface area contributed by atoms with Crippen molar-refractivity contribution in [1.82, 2.24) is 9.36 Å². The van der Waals surface area contributed by atoms with Gasteiger partial charge in [-0.25, -0.2) is 4.98 Å². The maximum Gasteiger partial charge on any atom is 0.209 e. The van der Waals surface area contributed by atoms with Gasteiger partial charge in [0.2, 0.25) is 4.73 Å². The van der Waals surface area contributed by atoms with Gasteiger partial charge in [0, 0.05) is 5.56 Å². The van der Waals surface area contributed by atoms with Crippen molar-refractivity contribution in [1.29, 1.82) is 0 Å². The van der Waals surface area contributed by atoms with Crippen LogP contribution in [0.5, 0.6) is 0 Å².